The fraction of sp³-hybridized carbons (Fsp3) is 0.381. The van der Waals surface area contributed by atoms with E-state index in [1.54, 1.807) is 12.1 Å². The molecular weight excluding hydrogens is 396 g/mol. The average molecular weight is 419 g/mol. The van der Waals surface area contributed by atoms with Crippen molar-refractivity contribution < 1.29 is 13.2 Å². The van der Waals surface area contributed by atoms with Crippen LogP contribution in [-0.2, 0) is 20.2 Å². The molecule has 0 atom stereocenters. The van der Waals surface area contributed by atoms with E-state index in [2.05, 4.69) is 4.72 Å². The zero-order valence-corrected chi connectivity index (χ0v) is 17.0. The van der Waals surface area contributed by atoms with Crippen molar-refractivity contribution in [3.63, 3.8) is 0 Å². The minimum absolute atomic E-state index is 0.170. The monoisotopic (exact) mass is 418 g/mol. The van der Waals surface area contributed by atoms with Crippen LogP contribution in [0.2, 0.25) is 5.02 Å². The lowest BCUT2D eigenvalue weighted by Crippen LogP contribution is -2.49. The molecule has 2 aromatic rings. The van der Waals surface area contributed by atoms with Gasteiger partial charge >= 0.3 is 0 Å². The summed E-state index contributed by atoms with van der Waals surface area (Å²) in [5.74, 6) is 0.178. The Bertz CT molecular complexity index is 949. The molecule has 1 saturated heterocycles. The number of amides is 1. The standard InChI is InChI=1S/C21H23ClN2O3S/c22-17-6-8-19(9-7-17)28(26,27)23-18-10-14-24(15-11-18)20(25)21(12-13-21)16-4-2-1-3-5-16/h1-9,18,23H,10-15H2. The van der Waals surface area contributed by atoms with Crippen LogP contribution in [0.4, 0.5) is 0 Å². The number of carbonyl (C=O) groups excluding carboxylic acids is 1. The van der Waals surface area contributed by atoms with E-state index in [1.807, 2.05) is 35.2 Å². The number of halogens is 1. The van der Waals surface area contributed by atoms with Gasteiger partial charge in [-0.15, -0.1) is 0 Å². The number of hydrogen-bond donors (Lipinski definition) is 1. The van der Waals surface area contributed by atoms with E-state index in [1.165, 1.54) is 12.1 Å². The van der Waals surface area contributed by atoms with Gasteiger partial charge in [0.05, 0.1) is 10.3 Å². The Hall–Kier alpha value is -1.89. The number of hydrogen-bond acceptors (Lipinski definition) is 3. The van der Waals surface area contributed by atoms with Gasteiger partial charge in [0.2, 0.25) is 15.9 Å². The van der Waals surface area contributed by atoms with Crippen LogP contribution < -0.4 is 4.72 Å². The van der Waals surface area contributed by atoms with E-state index in [-0.39, 0.29) is 22.3 Å². The van der Waals surface area contributed by atoms with Crippen LogP contribution in [0.25, 0.3) is 0 Å². The van der Waals surface area contributed by atoms with Crippen LogP contribution in [0.15, 0.2) is 59.5 Å². The first-order chi connectivity index (χ1) is 13.4. The molecule has 1 aliphatic heterocycles. The Morgan fingerprint density at radius 3 is 2.18 bits per heavy atom. The van der Waals surface area contributed by atoms with Crippen molar-refractivity contribution in [1.82, 2.24) is 9.62 Å². The number of nitrogens with one attached hydrogen (secondary N) is 1. The van der Waals surface area contributed by atoms with Crippen molar-refractivity contribution in [1.29, 1.82) is 0 Å². The number of nitrogens with zero attached hydrogens (tertiary/aromatic N) is 1. The molecule has 2 aromatic carbocycles. The molecule has 28 heavy (non-hydrogen) atoms. The molecule has 148 valence electrons. The summed E-state index contributed by atoms with van der Waals surface area (Å²) in [6.45, 7) is 1.14. The van der Waals surface area contributed by atoms with Gasteiger partial charge in [0.25, 0.3) is 0 Å². The van der Waals surface area contributed by atoms with Gasteiger partial charge in [-0.3, -0.25) is 4.79 Å². The Morgan fingerprint density at radius 1 is 1.00 bits per heavy atom. The van der Waals surface area contributed by atoms with Crippen molar-refractivity contribution in [2.45, 2.75) is 42.0 Å². The lowest BCUT2D eigenvalue weighted by atomic mass is 9.93. The third-order valence-corrected chi connectivity index (χ3v) is 7.50. The molecule has 0 unspecified atom stereocenters. The number of rotatable bonds is 5. The van der Waals surface area contributed by atoms with E-state index in [0.29, 0.717) is 31.0 Å². The van der Waals surface area contributed by atoms with E-state index in [9.17, 15) is 13.2 Å². The quantitative estimate of drug-likeness (QED) is 0.809. The highest BCUT2D eigenvalue weighted by Crippen LogP contribution is 2.49. The number of likely N-dealkylation sites (tertiary alicyclic amines) is 1. The fourth-order valence-corrected chi connectivity index (χ4v) is 5.34. The van der Waals surface area contributed by atoms with Gasteiger partial charge in [0.15, 0.2) is 0 Å². The zero-order valence-electron chi connectivity index (χ0n) is 15.5. The minimum Gasteiger partial charge on any atom is -0.342 e. The van der Waals surface area contributed by atoms with Gasteiger partial charge in [-0.25, -0.2) is 13.1 Å². The first kappa shape index (κ1) is 19.4. The van der Waals surface area contributed by atoms with E-state index < -0.39 is 10.0 Å². The van der Waals surface area contributed by atoms with E-state index in [0.717, 1.165) is 18.4 Å². The van der Waals surface area contributed by atoms with Gasteiger partial charge in [0.1, 0.15) is 0 Å². The third-order valence-electron chi connectivity index (χ3n) is 5.71. The Kier molecular flexibility index (Phi) is 5.21. The molecule has 2 aliphatic rings. The predicted molar refractivity (Wildman–Crippen MR) is 109 cm³/mol. The molecule has 1 amide bonds. The summed E-state index contributed by atoms with van der Waals surface area (Å²) in [6.07, 6.45) is 3.00. The first-order valence-electron chi connectivity index (χ1n) is 9.54. The largest absolute Gasteiger partial charge is 0.342 e. The summed E-state index contributed by atoms with van der Waals surface area (Å²) in [4.78, 5) is 15.2. The van der Waals surface area contributed by atoms with Crippen molar-refractivity contribution >= 4 is 27.5 Å². The summed E-state index contributed by atoms with van der Waals surface area (Å²) in [7, 11) is -3.59. The van der Waals surface area contributed by atoms with Crippen LogP contribution in [-0.4, -0.2) is 38.4 Å². The fourth-order valence-electron chi connectivity index (χ4n) is 3.91. The lowest BCUT2D eigenvalue weighted by molar-refractivity contribution is -0.135. The van der Waals surface area contributed by atoms with E-state index in [4.69, 9.17) is 11.6 Å². The normalized spacial score (nSPS) is 19.4. The zero-order chi connectivity index (χ0) is 19.8. The molecular formula is C21H23ClN2O3S. The molecule has 4 rings (SSSR count). The van der Waals surface area contributed by atoms with Gasteiger partial charge in [0, 0.05) is 24.2 Å². The molecule has 7 heteroatoms. The van der Waals surface area contributed by atoms with Crippen LogP contribution in [0, 0.1) is 0 Å². The van der Waals surface area contributed by atoms with Crippen LogP contribution >= 0.6 is 11.6 Å². The molecule has 2 fully saturated rings. The van der Waals surface area contributed by atoms with Crippen molar-refractivity contribution in [2.24, 2.45) is 0 Å². The maximum atomic E-state index is 13.1. The highest BCUT2D eigenvalue weighted by Gasteiger charge is 2.53. The van der Waals surface area contributed by atoms with Crippen LogP contribution in [0.5, 0.6) is 0 Å². The summed E-state index contributed by atoms with van der Waals surface area (Å²) < 4.78 is 27.9. The Labute approximate surface area is 170 Å². The van der Waals surface area contributed by atoms with E-state index >= 15 is 0 Å². The average Bonchev–Trinajstić information content (AvgIpc) is 3.51. The second-order valence-electron chi connectivity index (χ2n) is 7.59. The highest BCUT2D eigenvalue weighted by molar-refractivity contribution is 7.89. The molecule has 1 heterocycles. The summed E-state index contributed by atoms with van der Waals surface area (Å²) in [5, 5.41) is 0.498. The summed E-state index contributed by atoms with van der Waals surface area (Å²) in [5.41, 5.74) is 0.724. The number of sulfonamides is 1. The molecule has 0 radical (unpaired) electrons. The van der Waals surface area contributed by atoms with Gasteiger partial charge in [-0.2, -0.15) is 0 Å². The Morgan fingerprint density at radius 2 is 1.61 bits per heavy atom. The maximum Gasteiger partial charge on any atom is 0.240 e. The lowest BCUT2D eigenvalue weighted by Gasteiger charge is -2.34. The van der Waals surface area contributed by atoms with Gasteiger partial charge in [-0.05, 0) is 55.5 Å². The summed E-state index contributed by atoms with van der Waals surface area (Å²) in [6, 6.07) is 15.9. The molecule has 0 aromatic heterocycles. The first-order valence-corrected chi connectivity index (χ1v) is 11.4. The highest BCUT2D eigenvalue weighted by atomic mass is 35.5. The number of benzene rings is 2. The second-order valence-corrected chi connectivity index (χ2v) is 9.74. The summed E-state index contributed by atoms with van der Waals surface area (Å²) >= 11 is 5.83. The molecule has 5 nitrogen and oxygen atoms in total. The smallest absolute Gasteiger partial charge is 0.240 e. The van der Waals surface area contributed by atoms with Crippen molar-refractivity contribution in [2.75, 3.05) is 13.1 Å². The van der Waals surface area contributed by atoms with Crippen molar-refractivity contribution in [3.8, 4) is 0 Å². The minimum atomic E-state index is -3.59. The number of piperidine rings is 1. The third kappa shape index (κ3) is 3.81. The van der Waals surface area contributed by atoms with Gasteiger partial charge < -0.3 is 4.90 Å². The van der Waals surface area contributed by atoms with Crippen LogP contribution in [0.3, 0.4) is 0 Å². The van der Waals surface area contributed by atoms with Crippen LogP contribution in [0.1, 0.15) is 31.2 Å². The van der Waals surface area contributed by atoms with Crippen molar-refractivity contribution in [3.05, 3.63) is 65.2 Å². The molecule has 0 bridgehead atoms. The molecule has 0 spiro atoms. The SMILES string of the molecule is O=C(N1CCC(NS(=O)(=O)c2ccc(Cl)cc2)CC1)C1(c2ccccc2)CC1. The number of carbonyl (C=O) groups is 1. The Balaban J connectivity index is 1.37. The maximum absolute atomic E-state index is 13.1. The molecule has 1 aliphatic carbocycles. The predicted octanol–water partition coefficient (Wildman–Crippen LogP) is 3.34. The molecule has 1 N–H and O–H groups in total. The topological polar surface area (TPSA) is 66.5 Å². The second kappa shape index (κ2) is 7.50. The molecule has 1 saturated carbocycles. The van der Waals surface area contributed by atoms with Gasteiger partial charge in [-0.1, -0.05) is 41.9 Å².